The largest absolute Gasteiger partial charge is 0.353 e. The Morgan fingerprint density at radius 1 is 0.404 bits per heavy atom. The Labute approximate surface area is 333 Å². The SMILES string of the molecule is CC(C)(C)c1cc2nc(c1)-c1nc(cc(-c3ccccc3)c1F)-c1cc(C(C)(C)C)cc3c1[nH]c1c(cc(C(C)(C)C)cc13)-c1cc(-c3ccccc3)c(F)c-2n1. The third kappa shape index (κ3) is 6.23. The van der Waals surface area contributed by atoms with Gasteiger partial charge in [-0.3, -0.25) is 0 Å². The Hall–Kier alpha value is -6.01. The van der Waals surface area contributed by atoms with Crippen molar-refractivity contribution in [2.75, 3.05) is 0 Å². The zero-order chi connectivity index (χ0) is 40.2. The molecular weight excluding hydrogens is 707 g/mol. The number of nitrogens with zero attached hydrogens (tertiary/aromatic N) is 3. The molecular formula is C51H46F2N4. The number of pyridine rings is 3. The number of aromatic amines is 1. The quantitative estimate of drug-likeness (QED) is 0.191. The molecule has 0 atom stereocenters. The Balaban J connectivity index is 1.55. The van der Waals surface area contributed by atoms with Crippen LogP contribution >= 0.6 is 0 Å². The molecule has 8 bridgehead atoms. The third-order valence-corrected chi connectivity index (χ3v) is 11.4. The summed E-state index contributed by atoms with van der Waals surface area (Å²) in [5.41, 5.74) is 10.0. The Bertz CT molecular complexity index is 2720. The predicted molar refractivity (Wildman–Crippen MR) is 231 cm³/mol. The molecule has 0 radical (unpaired) electrons. The van der Waals surface area contributed by atoms with Gasteiger partial charge < -0.3 is 4.98 Å². The number of fused-ring (bicyclic) bond motifs is 11. The Morgan fingerprint density at radius 3 is 1.14 bits per heavy atom. The number of halogens is 2. The Morgan fingerprint density at radius 2 is 0.772 bits per heavy atom. The molecule has 0 aliphatic carbocycles. The minimum atomic E-state index is -0.495. The van der Waals surface area contributed by atoms with Gasteiger partial charge in [0.05, 0.1) is 33.8 Å². The van der Waals surface area contributed by atoms with E-state index in [1.165, 1.54) is 0 Å². The van der Waals surface area contributed by atoms with Crippen LogP contribution in [0.3, 0.4) is 0 Å². The van der Waals surface area contributed by atoms with Crippen LogP contribution in [0, 0.1) is 11.6 Å². The molecule has 0 saturated carbocycles. The fourth-order valence-electron chi connectivity index (χ4n) is 7.91. The van der Waals surface area contributed by atoms with Crippen molar-refractivity contribution < 1.29 is 8.78 Å². The van der Waals surface area contributed by atoms with Gasteiger partial charge in [0.2, 0.25) is 0 Å². The topological polar surface area (TPSA) is 54.5 Å². The minimum absolute atomic E-state index is 0.0942. The van der Waals surface area contributed by atoms with Gasteiger partial charge in [0, 0.05) is 33.0 Å². The van der Waals surface area contributed by atoms with Gasteiger partial charge in [-0.25, -0.2) is 23.7 Å². The molecule has 0 saturated heterocycles. The number of nitrogens with one attached hydrogen (secondary N) is 1. The molecule has 1 N–H and O–H groups in total. The van der Waals surface area contributed by atoms with E-state index in [-0.39, 0.29) is 22.2 Å². The van der Waals surface area contributed by atoms with Gasteiger partial charge in [-0.1, -0.05) is 123 Å². The van der Waals surface area contributed by atoms with E-state index in [1.54, 1.807) is 0 Å². The van der Waals surface area contributed by atoms with Crippen LogP contribution in [0.15, 0.2) is 109 Å². The molecule has 0 unspecified atom stereocenters. The first-order chi connectivity index (χ1) is 27.0. The molecule has 5 heterocycles. The van der Waals surface area contributed by atoms with Crippen molar-refractivity contribution in [1.29, 1.82) is 0 Å². The van der Waals surface area contributed by atoms with Crippen LogP contribution in [0.25, 0.3) is 89.4 Å². The lowest BCUT2D eigenvalue weighted by molar-refractivity contribution is 0.588. The molecule has 1 aliphatic rings. The maximum atomic E-state index is 17.4. The van der Waals surface area contributed by atoms with Crippen molar-refractivity contribution in [1.82, 2.24) is 19.9 Å². The van der Waals surface area contributed by atoms with E-state index in [4.69, 9.17) is 15.0 Å². The molecule has 4 nitrogen and oxygen atoms in total. The fraction of sp³-hybridized carbons (Fsp3) is 0.235. The van der Waals surface area contributed by atoms with Crippen molar-refractivity contribution >= 4 is 21.8 Å². The van der Waals surface area contributed by atoms with Gasteiger partial charge in [0.1, 0.15) is 11.4 Å². The second-order valence-corrected chi connectivity index (χ2v) is 18.6. The van der Waals surface area contributed by atoms with Gasteiger partial charge in [0.25, 0.3) is 0 Å². The van der Waals surface area contributed by atoms with E-state index < -0.39 is 17.0 Å². The molecule has 6 heteroatoms. The molecule has 0 spiro atoms. The van der Waals surface area contributed by atoms with Gasteiger partial charge >= 0.3 is 0 Å². The summed E-state index contributed by atoms with van der Waals surface area (Å²) in [6.07, 6.45) is 0. The second kappa shape index (κ2) is 12.8. The molecule has 4 aromatic carbocycles. The summed E-state index contributed by atoms with van der Waals surface area (Å²) in [5, 5.41) is 2.06. The average Bonchev–Trinajstić information content (AvgIpc) is 3.55. The lowest BCUT2D eigenvalue weighted by Gasteiger charge is -2.22. The van der Waals surface area contributed by atoms with Crippen molar-refractivity contribution in [2.45, 2.75) is 78.6 Å². The van der Waals surface area contributed by atoms with E-state index in [2.05, 4.69) is 91.6 Å². The average molecular weight is 753 g/mol. The highest BCUT2D eigenvalue weighted by atomic mass is 19.1. The van der Waals surface area contributed by atoms with Crippen LogP contribution in [-0.4, -0.2) is 19.9 Å². The highest BCUT2D eigenvalue weighted by Crippen LogP contribution is 2.45. The molecule has 0 amide bonds. The van der Waals surface area contributed by atoms with Crippen LogP contribution < -0.4 is 0 Å². The molecule has 0 fully saturated rings. The lowest BCUT2D eigenvalue weighted by Crippen LogP contribution is -2.13. The maximum absolute atomic E-state index is 17.4. The number of hydrogen-bond acceptors (Lipinski definition) is 3. The summed E-state index contributed by atoms with van der Waals surface area (Å²) in [7, 11) is 0. The first-order valence-corrected chi connectivity index (χ1v) is 19.7. The highest BCUT2D eigenvalue weighted by molar-refractivity contribution is 6.16. The van der Waals surface area contributed by atoms with Gasteiger partial charge in [-0.05, 0) is 92.6 Å². The van der Waals surface area contributed by atoms with Crippen LogP contribution in [0.4, 0.5) is 8.78 Å². The summed E-state index contributed by atoms with van der Waals surface area (Å²) in [6, 6.07) is 35.6. The number of H-pyrrole nitrogens is 1. The van der Waals surface area contributed by atoms with Crippen molar-refractivity contribution in [3.63, 3.8) is 0 Å². The summed E-state index contributed by atoms with van der Waals surface area (Å²) in [4.78, 5) is 19.3. The van der Waals surface area contributed by atoms with E-state index in [1.807, 2.05) is 84.9 Å². The van der Waals surface area contributed by atoms with Crippen LogP contribution in [0.1, 0.15) is 79.0 Å². The molecule has 9 rings (SSSR count). The number of benzene rings is 4. The lowest BCUT2D eigenvalue weighted by atomic mass is 9.83. The van der Waals surface area contributed by atoms with Crippen LogP contribution in [0.2, 0.25) is 0 Å². The predicted octanol–water partition coefficient (Wildman–Crippen LogP) is 14.0. The van der Waals surface area contributed by atoms with E-state index >= 15 is 8.78 Å². The van der Waals surface area contributed by atoms with Gasteiger partial charge in [-0.2, -0.15) is 0 Å². The summed E-state index contributed by atoms with van der Waals surface area (Å²) in [5.74, 6) is -0.989. The summed E-state index contributed by atoms with van der Waals surface area (Å²) >= 11 is 0. The van der Waals surface area contributed by atoms with Crippen molar-refractivity contribution in [3.05, 3.63) is 138 Å². The molecule has 284 valence electrons. The van der Waals surface area contributed by atoms with Gasteiger partial charge in [-0.15, -0.1) is 0 Å². The summed E-state index contributed by atoms with van der Waals surface area (Å²) in [6.45, 7) is 19.5. The molecule has 8 aromatic rings. The fourth-order valence-corrected chi connectivity index (χ4v) is 7.91. The molecule has 4 aromatic heterocycles. The smallest absolute Gasteiger partial charge is 0.158 e. The first-order valence-electron chi connectivity index (χ1n) is 19.7. The maximum Gasteiger partial charge on any atom is 0.158 e. The van der Waals surface area contributed by atoms with Crippen LogP contribution in [0.5, 0.6) is 0 Å². The minimum Gasteiger partial charge on any atom is -0.353 e. The van der Waals surface area contributed by atoms with E-state index in [0.717, 1.165) is 60.8 Å². The standard InChI is InChI=1S/C51H46F2N4/c1-49(2,3)30-20-35-36-21-31(50(4,5)6)23-38-40-27-34(29-18-14-11-15-19-29)44(53)48(56-40)42-25-32(51(7,8)9)24-41(54-42)47-43(52)33(28-16-12-10-13-17-28)26-39(55-47)37(22-30)45(35)57-46(36)38/h10-27,57H,1-9H3. The zero-order valence-electron chi connectivity index (χ0n) is 34.0. The Kier molecular flexibility index (Phi) is 8.19. The first kappa shape index (κ1) is 36.6. The second-order valence-electron chi connectivity index (χ2n) is 18.6. The monoisotopic (exact) mass is 752 g/mol. The summed E-state index contributed by atoms with van der Waals surface area (Å²) < 4.78 is 34.8. The zero-order valence-corrected chi connectivity index (χ0v) is 34.0. The molecule has 1 aliphatic heterocycles. The van der Waals surface area contributed by atoms with Gasteiger partial charge in [0.15, 0.2) is 11.6 Å². The number of rotatable bonds is 2. The third-order valence-electron chi connectivity index (χ3n) is 11.4. The number of aromatic nitrogens is 4. The normalized spacial score (nSPS) is 12.8. The van der Waals surface area contributed by atoms with Crippen molar-refractivity contribution in [2.24, 2.45) is 0 Å². The highest BCUT2D eigenvalue weighted by Gasteiger charge is 2.29. The van der Waals surface area contributed by atoms with E-state index in [0.29, 0.717) is 33.9 Å². The van der Waals surface area contributed by atoms with E-state index in [9.17, 15) is 0 Å². The van der Waals surface area contributed by atoms with Crippen molar-refractivity contribution in [3.8, 4) is 67.5 Å². The number of hydrogen-bond donors (Lipinski definition) is 1. The van der Waals surface area contributed by atoms with Crippen LogP contribution in [-0.2, 0) is 16.2 Å². The molecule has 57 heavy (non-hydrogen) atoms.